The van der Waals surface area contributed by atoms with Crippen molar-refractivity contribution in [2.45, 2.75) is 12.5 Å². The molecule has 1 fully saturated rings. The van der Waals surface area contributed by atoms with Crippen LogP contribution in [0.1, 0.15) is 6.42 Å². The number of likely N-dealkylation sites (tertiary alicyclic amines) is 1. The maximum Gasteiger partial charge on any atom is 0.321 e. The van der Waals surface area contributed by atoms with Crippen molar-refractivity contribution in [1.82, 2.24) is 14.9 Å². The van der Waals surface area contributed by atoms with Crippen LogP contribution in [0.3, 0.4) is 0 Å². The van der Waals surface area contributed by atoms with Crippen molar-refractivity contribution in [1.29, 1.82) is 0 Å². The maximum atomic E-state index is 12.6. The molecule has 28 heavy (non-hydrogen) atoms. The minimum Gasteiger partial charge on any atom is -0.493 e. The second-order valence-electron chi connectivity index (χ2n) is 6.58. The van der Waals surface area contributed by atoms with Gasteiger partial charge in [-0.15, -0.1) is 0 Å². The van der Waals surface area contributed by atoms with Crippen molar-refractivity contribution in [2.75, 3.05) is 51.6 Å². The van der Waals surface area contributed by atoms with Gasteiger partial charge in [-0.2, -0.15) is 4.98 Å². The molecule has 150 valence electrons. The van der Waals surface area contributed by atoms with E-state index in [2.05, 4.69) is 15.3 Å². The van der Waals surface area contributed by atoms with Gasteiger partial charge in [-0.05, 0) is 12.1 Å². The molecule has 2 heterocycles. The van der Waals surface area contributed by atoms with E-state index in [0.717, 1.165) is 12.2 Å². The number of benzene rings is 1. The summed E-state index contributed by atoms with van der Waals surface area (Å²) >= 11 is 0. The molecule has 1 aliphatic heterocycles. The van der Waals surface area contributed by atoms with Gasteiger partial charge in [-0.25, -0.2) is 4.79 Å². The van der Waals surface area contributed by atoms with E-state index >= 15 is 0 Å². The van der Waals surface area contributed by atoms with Crippen molar-refractivity contribution in [3.63, 3.8) is 0 Å². The molecule has 0 saturated carbocycles. The second kappa shape index (κ2) is 8.64. The first kappa shape index (κ1) is 19.5. The predicted molar refractivity (Wildman–Crippen MR) is 106 cm³/mol. The summed E-state index contributed by atoms with van der Waals surface area (Å²) in [4.78, 5) is 24.7. The number of hydrogen-bond acceptors (Lipinski definition) is 7. The number of rotatable bonds is 6. The Morgan fingerprint density at radius 2 is 2.00 bits per heavy atom. The molecular formula is C19H25N5O4. The van der Waals surface area contributed by atoms with Crippen LogP contribution in [-0.2, 0) is 0 Å². The molecule has 1 N–H and O–H groups in total. The van der Waals surface area contributed by atoms with Gasteiger partial charge in [0, 0.05) is 38.8 Å². The first-order chi connectivity index (χ1) is 13.5. The lowest BCUT2D eigenvalue weighted by atomic mass is 10.3. The van der Waals surface area contributed by atoms with E-state index in [0.29, 0.717) is 36.2 Å². The molecule has 9 nitrogen and oxygen atoms in total. The highest BCUT2D eigenvalue weighted by molar-refractivity contribution is 5.90. The molecular weight excluding hydrogens is 362 g/mol. The highest BCUT2D eigenvalue weighted by Gasteiger charge is 2.28. The highest BCUT2D eigenvalue weighted by atomic mass is 16.5. The molecule has 0 bridgehead atoms. The van der Waals surface area contributed by atoms with Crippen molar-refractivity contribution in [2.24, 2.45) is 0 Å². The minimum absolute atomic E-state index is 0.122. The monoisotopic (exact) mass is 387 g/mol. The van der Waals surface area contributed by atoms with Crippen LogP contribution in [0.4, 0.5) is 16.3 Å². The molecule has 1 unspecified atom stereocenters. The van der Waals surface area contributed by atoms with E-state index in [1.807, 2.05) is 19.0 Å². The normalized spacial score (nSPS) is 15.9. The van der Waals surface area contributed by atoms with E-state index < -0.39 is 0 Å². The van der Waals surface area contributed by atoms with E-state index in [-0.39, 0.29) is 12.1 Å². The van der Waals surface area contributed by atoms with Crippen LogP contribution in [0, 0.1) is 0 Å². The van der Waals surface area contributed by atoms with Crippen LogP contribution < -0.4 is 24.4 Å². The number of nitrogens with zero attached hydrogens (tertiary/aromatic N) is 4. The Bertz CT molecular complexity index is 830. The number of aromatic nitrogens is 2. The number of nitrogens with one attached hydrogen (secondary N) is 1. The van der Waals surface area contributed by atoms with Crippen molar-refractivity contribution >= 4 is 17.5 Å². The largest absolute Gasteiger partial charge is 0.493 e. The zero-order valence-corrected chi connectivity index (χ0v) is 16.5. The van der Waals surface area contributed by atoms with Gasteiger partial charge in [0.25, 0.3) is 0 Å². The van der Waals surface area contributed by atoms with Crippen molar-refractivity contribution in [3.05, 3.63) is 30.6 Å². The topological polar surface area (TPSA) is 89.0 Å². The van der Waals surface area contributed by atoms with Gasteiger partial charge in [0.2, 0.25) is 5.88 Å². The number of carbonyl (C=O) groups excluding carboxylic acids is 1. The quantitative estimate of drug-likeness (QED) is 0.813. The highest BCUT2D eigenvalue weighted by Crippen LogP contribution is 2.30. The number of amides is 2. The fourth-order valence-corrected chi connectivity index (χ4v) is 2.91. The van der Waals surface area contributed by atoms with Gasteiger partial charge in [-0.1, -0.05) is 0 Å². The lowest BCUT2D eigenvalue weighted by molar-refractivity contribution is 0.189. The summed E-state index contributed by atoms with van der Waals surface area (Å²) < 4.78 is 16.4. The second-order valence-corrected chi connectivity index (χ2v) is 6.58. The Morgan fingerprint density at radius 3 is 2.71 bits per heavy atom. The number of urea groups is 1. The third-order valence-corrected chi connectivity index (χ3v) is 4.41. The minimum atomic E-state index is -0.188. The van der Waals surface area contributed by atoms with E-state index in [1.165, 1.54) is 0 Å². The summed E-state index contributed by atoms with van der Waals surface area (Å²) in [6.45, 7) is 1.08. The molecule has 3 rings (SSSR count). The Hall–Kier alpha value is -3.23. The number of carbonyl (C=O) groups is 1. The van der Waals surface area contributed by atoms with Gasteiger partial charge < -0.3 is 29.3 Å². The molecule has 0 radical (unpaired) electrons. The average Bonchev–Trinajstić information content (AvgIpc) is 3.16. The van der Waals surface area contributed by atoms with Crippen LogP contribution in [0.15, 0.2) is 30.6 Å². The molecule has 1 atom stereocenters. The summed E-state index contributed by atoms with van der Waals surface area (Å²) in [5.41, 5.74) is 0.636. The third-order valence-electron chi connectivity index (χ3n) is 4.41. The van der Waals surface area contributed by atoms with E-state index in [4.69, 9.17) is 14.2 Å². The first-order valence-corrected chi connectivity index (χ1v) is 8.94. The first-order valence-electron chi connectivity index (χ1n) is 8.94. The Morgan fingerprint density at radius 1 is 1.21 bits per heavy atom. The standard InChI is InChI=1S/C19H25N5O4/c1-23(2)17-10-20-11-18(22-17)28-14-7-8-24(12-14)19(25)21-13-5-6-15(26-3)16(9-13)27-4/h5-6,9-11,14H,7-8,12H2,1-4H3,(H,21,25). The van der Waals surface area contributed by atoms with Gasteiger partial charge in [0.1, 0.15) is 6.10 Å². The lowest BCUT2D eigenvalue weighted by Crippen LogP contribution is -2.34. The van der Waals surface area contributed by atoms with Gasteiger partial charge >= 0.3 is 6.03 Å². The third kappa shape index (κ3) is 4.54. The molecule has 2 aromatic rings. The van der Waals surface area contributed by atoms with Crippen LogP contribution in [-0.4, -0.2) is 68.4 Å². The van der Waals surface area contributed by atoms with Crippen LogP contribution in [0.5, 0.6) is 17.4 Å². The van der Waals surface area contributed by atoms with Crippen LogP contribution >= 0.6 is 0 Å². The smallest absolute Gasteiger partial charge is 0.321 e. The van der Waals surface area contributed by atoms with Crippen LogP contribution in [0.2, 0.25) is 0 Å². The van der Waals surface area contributed by atoms with Crippen LogP contribution in [0.25, 0.3) is 0 Å². The summed E-state index contributed by atoms with van der Waals surface area (Å²) in [6, 6.07) is 5.06. The number of anilines is 2. The molecule has 1 aromatic carbocycles. The summed E-state index contributed by atoms with van der Waals surface area (Å²) in [6.07, 6.45) is 3.86. The molecule has 0 spiro atoms. The number of hydrogen-bond donors (Lipinski definition) is 1. The molecule has 1 aliphatic rings. The zero-order chi connectivity index (χ0) is 20.1. The van der Waals surface area contributed by atoms with Crippen molar-refractivity contribution in [3.8, 4) is 17.4 Å². The summed E-state index contributed by atoms with van der Waals surface area (Å²) in [7, 11) is 6.91. The van der Waals surface area contributed by atoms with Crippen molar-refractivity contribution < 1.29 is 19.0 Å². The fraction of sp³-hybridized carbons (Fsp3) is 0.421. The maximum absolute atomic E-state index is 12.6. The predicted octanol–water partition coefficient (Wildman–Crippen LogP) is 2.25. The van der Waals surface area contributed by atoms with E-state index in [9.17, 15) is 4.79 Å². The summed E-state index contributed by atoms with van der Waals surface area (Å²) in [5, 5.41) is 2.88. The molecule has 1 aromatic heterocycles. The lowest BCUT2D eigenvalue weighted by Gasteiger charge is -2.18. The number of ether oxygens (including phenoxy) is 3. The van der Waals surface area contributed by atoms with Gasteiger partial charge in [0.05, 0.1) is 33.2 Å². The molecule has 1 saturated heterocycles. The average molecular weight is 387 g/mol. The van der Waals surface area contributed by atoms with E-state index in [1.54, 1.807) is 49.7 Å². The number of methoxy groups -OCH3 is 2. The molecule has 2 amide bonds. The Kier molecular flexibility index (Phi) is 6.03. The Balaban J connectivity index is 1.58. The SMILES string of the molecule is COc1ccc(NC(=O)N2CCC(Oc3cncc(N(C)C)n3)C2)cc1OC. The molecule has 9 heteroatoms. The van der Waals surface area contributed by atoms with Gasteiger partial charge in [-0.3, -0.25) is 4.98 Å². The summed E-state index contributed by atoms with van der Waals surface area (Å²) in [5.74, 6) is 2.34. The molecule has 0 aliphatic carbocycles. The fourth-order valence-electron chi connectivity index (χ4n) is 2.91. The van der Waals surface area contributed by atoms with Gasteiger partial charge in [0.15, 0.2) is 17.3 Å². The Labute approximate surface area is 164 Å². The zero-order valence-electron chi connectivity index (χ0n) is 16.5.